The minimum atomic E-state index is -0.811. The molecule has 2 atom stereocenters. The molecule has 1 aliphatic rings. The summed E-state index contributed by atoms with van der Waals surface area (Å²) in [4.78, 5) is 2.09. The molecule has 2 N–H and O–H groups in total. The number of nitrogens with zero attached hydrogens (tertiary/aromatic N) is 1. The van der Waals surface area contributed by atoms with Gasteiger partial charge in [-0.3, -0.25) is 0 Å². The van der Waals surface area contributed by atoms with Gasteiger partial charge < -0.3 is 10.6 Å². The molecule has 5 heteroatoms. The quantitative estimate of drug-likeness (QED) is 0.718. The Morgan fingerprint density at radius 3 is 2.50 bits per heavy atom. The first kappa shape index (κ1) is 14.9. The Bertz CT molecular complexity index is 116. The summed E-state index contributed by atoms with van der Waals surface area (Å²) in [5.41, 5.74) is 5.49. The highest BCUT2D eigenvalue weighted by Gasteiger charge is 2.24. The van der Waals surface area contributed by atoms with Gasteiger partial charge in [0.15, 0.2) is 0 Å². The summed E-state index contributed by atoms with van der Waals surface area (Å²) in [6.45, 7) is 4.46. The van der Waals surface area contributed by atoms with Crippen molar-refractivity contribution >= 4 is 24.8 Å². The summed E-state index contributed by atoms with van der Waals surface area (Å²) in [5.74, 6) is 0. The van der Waals surface area contributed by atoms with Crippen molar-refractivity contribution in [2.75, 3.05) is 19.6 Å². The average Bonchev–Trinajstić information content (AvgIpc) is 1.95. The lowest BCUT2D eigenvalue weighted by atomic mass is 10.0. The van der Waals surface area contributed by atoms with E-state index < -0.39 is 6.17 Å². The molecule has 0 bridgehead atoms. The summed E-state index contributed by atoms with van der Waals surface area (Å²) >= 11 is 0. The van der Waals surface area contributed by atoms with Crippen molar-refractivity contribution in [2.24, 2.45) is 5.73 Å². The summed E-state index contributed by atoms with van der Waals surface area (Å²) in [7, 11) is 0. The second-order valence-electron chi connectivity index (χ2n) is 2.86. The van der Waals surface area contributed by atoms with Gasteiger partial charge in [0.25, 0.3) is 0 Å². The van der Waals surface area contributed by atoms with E-state index in [9.17, 15) is 4.39 Å². The van der Waals surface area contributed by atoms with Crippen molar-refractivity contribution in [3.8, 4) is 0 Å². The van der Waals surface area contributed by atoms with Crippen molar-refractivity contribution < 1.29 is 4.39 Å². The van der Waals surface area contributed by atoms with Crippen molar-refractivity contribution in [3.63, 3.8) is 0 Å². The van der Waals surface area contributed by atoms with Crippen molar-refractivity contribution in [1.29, 1.82) is 0 Å². The molecule has 0 aromatic heterocycles. The third kappa shape index (κ3) is 3.90. The smallest absolute Gasteiger partial charge is 0.128 e. The van der Waals surface area contributed by atoms with Crippen LogP contribution in [0.25, 0.3) is 0 Å². The minimum absolute atomic E-state index is 0. The summed E-state index contributed by atoms with van der Waals surface area (Å²) < 4.78 is 12.8. The van der Waals surface area contributed by atoms with Gasteiger partial charge in [-0.15, -0.1) is 24.8 Å². The van der Waals surface area contributed by atoms with Gasteiger partial charge in [-0.25, -0.2) is 4.39 Å². The fraction of sp³-hybridized carbons (Fsp3) is 1.00. The monoisotopic (exact) mass is 218 g/mol. The molecule has 1 heterocycles. The number of piperidine rings is 1. The van der Waals surface area contributed by atoms with Crippen molar-refractivity contribution in [2.45, 2.75) is 25.6 Å². The Hall–Kier alpha value is 0.430. The Balaban J connectivity index is 0. The predicted octanol–water partition coefficient (Wildman–Crippen LogP) is 1.22. The lowest BCUT2D eigenvalue weighted by Crippen LogP contribution is -2.48. The fourth-order valence-corrected chi connectivity index (χ4v) is 1.27. The SMILES string of the molecule is CCN1CCC(N)C(F)C1.Cl.Cl. The van der Waals surface area contributed by atoms with Crippen LogP contribution in [0.15, 0.2) is 0 Å². The van der Waals surface area contributed by atoms with Gasteiger partial charge in [0.05, 0.1) is 0 Å². The third-order valence-corrected chi connectivity index (χ3v) is 2.12. The number of hydrogen-bond donors (Lipinski definition) is 1. The molecule has 0 amide bonds. The number of likely N-dealkylation sites (tertiary alicyclic amines) is 1. The molecular formula is C7H17Cl2FN2. The third-order valence-electron chi connectivity index (χ3n) is 2.12. The molecule has 12 heavy (non-hydrogen) atoms. The Labute approximate surface area is 85.5 Å². The second kappa shape index (κ2) is 6.89. The molecule has 1 saturated heterocycles. The van der Waals surface area contributed by atoms with Crippen LogP contribution < -0.4 is 5.73 Å². The van der Waals surface area contributed by atoms with E-state index in [-0.39, 0.29) is 30.9 Å². The number of rotatable bonds is 1. The first-order chi connectivity index (χ1) is 4.74. The highest BCUT2D eigenvalue weighted by Crippen LogP contribution is 2.11. The topological polar surface area (TPSA) is 29.3 Å². The van der Waals surface area contributed by atoms with Crippen LogP contribution in [0.5, 0.6) is 0 Å². The van der Waals surface area contributed by atoms with Gasteiger partial charge in [0.1, 0.15) is 6.17 Å². The van der Waals surface area contributed by atoms with E-state index in [1.54, 1.807) is 0 Å². The molecular weight excluding hydrogens is 202 g/mol. The predicted molar refractivity (Wildman–Crippen MR) is 54.1 cm³/mol. The van der Waals surface area contributed by atoms with Gasteiger partial charge in [-0.2, -0.15) is 0 Å². The normalized spacial score (nSPS) is 30.2. The van der Waals surface area contributed by atoms with E-state index in [4.69, 9.17) is 5.73 Å². The second-order valence-corrected chi connectivity index (χ2v) is 2.86. The van der Waals surface area contributed by atoms with Crippen LogP contribution >= 0.6 is 24.8 Å². The van der Waals surface area contributed by atoms with Gasteiger partial charge in [0, 0.05) is 12.6 Å². The largest absolute Gasteiger partial charge is 0.325 e. The molecule has 2 unspecified atom stereocenters. The summed E-state index contributed by atoms with van der Waals surface area (Å²) in [6, 6.07) is -0.220. The molecule has 1 rings (SSSR count). The number of alkyl halides is 1. The molecule has 2 nitrogen and oxygen atoms in total. The molecule has 0 aliphatic carbocycles. The summed E-state index contributed by atoms with van der Waals surface area (Å²) in [5, 5.41) is 0. The molecule has 0 aromatic rings. The zero-order chi connectivity index (χ0) is 7.56. The molecule has 0 spiro atoms. The van der Waals surface area contributed by atoms with Gasteiger partial charge in [0.2, 0.25) is 0 Å². The fourth-order valence-electron chi connectivity index (χ4n) is 1.27. The van der Waals surface area contributed by atoms with Gasteiger partial charge in [-0.05, 0) is 19.5 Å². The standard InChI is InChI=1S/C7H15FN2.2ClH/c1-2-10-4-3-7(9)6(8)5-10;;/h6-7H,2-5,9H2,1H3;2*1H. The molecule has 1 aliphatic heterocycles. The zero-order valence-electron chi connectivity index (χ0n) is 7.20. The van der Waals surface area contributed by atoms with Crippen LogP contribution in [0, 0.1) is 0 Å². The lowest BCUT2D eigenvalue weighted by Gasteiger charge is -2.31. The van der Waals surface area contributed by atoms with Crippen LogP contribution in [0.2, 0.25) is 0 Å². The molecule has 0 aromatic carbocycles. The molecule has 76 valence electrons. The molecule has 1 fully saturated rings. The number of halogens is 3. The Kier molecular flexibility index (Phi) is 8.58. The highest BCUT2D eigenvalue weighted by molar-refractivity contribution is 5.85. The van der Waals surface area contributed by atoms with Crippen LogP contribution in [-0.4, -0.2) is 36.7 Å². The minimum Gasteiger partial charge on any atom is -0.325 e. The van der Waals surface area contributed by atoms with Gasteiger partial charge in [-0.1, -0.05) is 6.92 Å². The van der Waals surface area contributed by atoms with E-state index in [1.807, 2.05) is 6.92 Å². The van der Waals surface area contributed by atoms with E-state index in [0.717, 1.165) is 19.5 Å². The molecule has 0 radical (unpaired) electrons. The van der Waals surface area contributed by atoms with Crippen molar-refractivity contribution in [1.82, 2.24) is 4.90 Å². The molecule has 0 saturated carbocycles. The van der Waals surface area contributed by atoms with E-state index in [2.05, 4.69) is 4.90 Å². The maximum atomic E-state index is 12.8. The number of nitrogens with two attached hydrogens (primary N) is 1. The van der Waals surface area contributed by atoms with E-state index in [0.29, 0.717) is 6.54 Å². The van der Waals surface area contributed by atoms with E-state index in [1.165, 1.54) is 0 Å². The van der Waals surface area contributed by atoms with E-state index >= 15 is 0 Å². The number of hydrogen-bond acceptors (Lipinski definition) is 2. The first-order valence-corrected chi connectivity index (χ1v) is 3.86. The zero-order valence-corrected chi connectivity index (χ0v) is 8.84. The maximum absolute atomic E-state index is 12.8. The maximum Gasteiger partial charge on any atom is 0.128 e. The van der Waals surface area contributed by atoms with Crippen LogP contribution in [-0.2, 0) is 0 Å². The van der Waals surface area contributed by atoms with Crippen LogP contribution in [0.4, 0.5) is 4.39 Å². The summed E-state index contributed by atoms with van der Waals surface area (Å²) in [6.07, 6.45) is -0.0108. The first-order valence-electron chi connectivity index (χ1n) is 3.86. The lowest BCUT2D eigenvalue weighted by molar-refractivity contribution is 0.124. The Morgan fingerprint density at radius 1 is 1.50 bits per heavy atom. The van der Waals surface area contributed by atoms with Crippen LogP contribution in [0.3, 0.4) is 0 Å². The average molecular weight is 219 g/mol. The van der Waals surface area contributed by atoms with Crippen molar-refractivity contribution in [3.05, 3.63) is 0 Å². The highest BCUT2D eigenvalue weighted by atomic mass is 35.5. The Morgan fingerprint density at radius 2 is 2.08 bits per heavy atom. The van der Waals surface area contributed by atoms with Gasteiger partial charge >= 0.3 is 0 Å². The van der Waals surface area contributed by atoms with Crippen LogP contribution in [0.1, 0.15) is 13.3 Å².